The number of hydrogen-bond acceptors (Lipinski definition) is 4. The molecule has 0 aliphatic carbocycles. The van der Waals surface area contributed by atoms with Crippen LogP contribution in [-0.2, 0) is 9.53 Å². The van der Waals surface area contributed by atoms with Crippen molar-refractivity contribution in [2.24, 2.45) is 5.92 Å². The molecule has 5 nitrogen and oxygen atoms in total. The Morgan fingerprint density at radius 3 is 2.81 bits per heavy atom. The van der Waals surface area contributed by atoms with Gasteiger partial charge >= 0.3 is 0 Å². The van der Waals surface area contributed by atoms with Gasteiger partial charge in [-0.15, -0.1) is 0 Å². The molecule has 0 saturated carbocycles. The van der Waals surface area contributed by atoms with Crippen LogP contribution in [0.3, 0.4) is 0 Å². The Morgan fingerprint density at radius 1 is 1.50 bits per heavy atom. The van der Waals surface area contributed by atoms with E-state index in [1.54, 1.807) is 0 Å². The molecule has 0 aromatic heterocycles. The number of ether oxygens (including phenoxy) is 1. The molecule has 0 bridgehead atoms. The highest BCUT2D eigenvalue weighted by Gasteiger charge is 2.15. The molecule has 1 rings (SSSR count). The summed E-state index contributed by atoms with van der Waals surface area (Å²) in [6.07, 6.45) is 1.80. The lowest BCUT2D eigenvalue weighted by Crippen LogP contribution is -2.43. The van der Waals surface area contributed by atoms with Gasteiger partial charge in [-0.25, -0.2) is 0 Å². The molecule has 3 N–H and O–H groups in total. The topological polar surface area (TPSA) is 70.6 Å². The van der Waals surface area contributed by atoms with Gasteiger partial charge in [-0.1, -0.05) is 6.92 Å². The third kappa shape index (κ3) is 5.44. The molecule has 0 spiro atoms. The van der Waals surface area contributed by atoms with Crippen LogP contribution in [0.4, 0.5) is 0 Å². The molecule has 16 heavy (non-hydrogen) atoms. The van der Waals surface area contributed by atoms with E-state index in [0.717, 1.165) is 26.1 Å². The molecule has 1 amide bonds. The Hall–Kier alpha value is -0.650. The molecular formula is C11H22N2O3. The first kappa shape index (κ1) is 13.4. The predicted molar refractivity (Wildman–Crippen MR) is 61.1 cm³/mol. The number of carbonyl (C=O) groups is 1. The summed E-state index contributed by atoms with van der Waals surface area (Å²) in [6.45, 7) is 4.54. The summed E-state index contributed by atoms with van der Waals surface area (Å²) < 4.78 is 5.21. The third-order valence-corrected chi connectivity index (χ3v) is 2.68. The van der Waals surface area contributed by atoms with Crippen LogP contribution in [0.5, 0.6) is 0 Å². The Balaban J connectivity index is 2.05. The van der Waals surface area contributed by atoms with Crippen molar-refractivity contribution in [3.05, 3.63) is 0 Å². The summed E-state index contributed by atoms with van der Waals surface area (Å²) in [7, 11) is 0. The highest BCUT2D eigenvalue weighted by atomic mass is 16.5. The van der Waals surface area contributed by atoms with E-state index in [1.807, 2.05) is 6.92 Å². The fraction of sp³-hybridized carbons (Fsp3) is 0.909. The highest BCUT2D eigenvalue weighted by molar-refractivity contribution is 5.78. The van der Waals surface area contributed by atoms with Crippen LogP contribution in [-0.4, -0.2) is 50.0 Å². The van der Waals surface area contributed by atoms with Crippen molar-refractivity contribution in [1.29, 1.82) is 0 Å². The van der Waals surface area contributed by atoms with E-state index in [9.17, 15) is 4.79 Å². The smallest absolute Gasteiger partial charge is 0.234 e. The van der Waals surface area contributed by atoms with E-state index in [2.05, 4.69) is 10.6 Å². The van der Waals surface area contributed by atoms with Crippen LogP contribution in [0.2, 0.25) is 0 Å². The van der Waals surface area contributed by atoms with Crippen LogP contribution in [0.1, 0.15) is 19.8 Å². The van der Waals surface area contributed by atoms with Crippen molar-refractivity contribution < 1.29 is 14.6 Å². The first-order chi connectivity index (χ1) is 7.72. The van der Waals surface area contributed by atoms with E-state index in [0.29, 0.717) is 13.1 Å². The van der Waals surface area contributed by atoms with Crippen molar-refractivity contribution in [3.8, 4) is 0 Å². The second kappa shape index (κ2) is 7.60. The number of aliphatic hydroxyl groups excluding tert-OH is 1. The van der Waals surface area contributed by atoms with Gasteiger partial charge in [0.25, 0.3) is 0 Å². The molecule has 5 heteroatoms. The fourth-order valence-electron chi connectivity index (χ4n) is 1.62. The minimum atomic E-state index is 0.0250. The van der Waals surface area contributed by atoms with Gasteiger partial charge in [-0.3, -0.25) is 4.79 Å². The molecule has 1 saturated heterocycles. The van der Waals surface area contributed by atoms with Crippen molar-refractivity contribution >= 4 is 5.91 Å². The summed E-state index contributed by atoms with van der Waals surface area (Å²) >= 11 is 0. The Labute approximate surface area is 96.6 Å². The largest absolute Gasteiger partial charge is 0.396 e. The van der Waals surface area contributed by atoms with E-state index < -0.39 is 0 Å². The van der Waals surface area contributed by atoms with Crippen LogP contribution >= 0.6 is 0 Å². The van der Waals surface area contributed by atoms with Gasteiger partial charge in [0.05, 0.1) is 6.54 Å². The van der Waals surface area contributed by atoms with E-state index >= 15 is 0 Å². The molecule has 1 aliphatic heterocycles. The molecule has 1 unspecified atom stereocenters. The fourth-order valence-corrected chi connectivity index (χ4v) is 1.62. The maximum Gasteiger partial charge on any atom is 0.234 e. The van der Waals surface area contributed by atoms with E-state index in [1.165, 1.54) is 0 Å². The number of nitrogens with one attached hydrogen (secondary N) is 2. The van der Waals surface area contributed by atoms with E-state index in [-0.39, 0.29) is 24.5 Å². The van der Waals surface area contributed by atoms with Crippen molar-refractivity contribution in [2.75, 3.05) is 32.9 Å². The molecule has 1 aliphatic rings. The summed E-state index contributed by atoms with van der Waals surface area (Å²) in [5.74, 6) is 0.216. The lowest BCUT2D eigenvalue weighted by molar-refractivity contribution is -0.121. The number of aliphatic hydroxyl groups is 1. The number of hydrogen-bond donors (Lipinski definition) is 3. The number of rotatable bonds is 6. The van der Waals surface area contributed by atoms with Gasteiger partial charge in [0.2, 0.25) is 5.91 Å². The minimum absolute atomic E-state index is 0.0250. The summed E-state index contributed by atoms with van der Waals surface area (Å²) in [6, 6.07) is 0.262. The predicted octanol–water partition coefficient (Wildman–Crippen LogP) is -0.500. The molecule has 0 aromatic rings. The zero-order chi connectivity index (χ0) is 11.8. The molecule has 94 valence electrons. The second-order valence-electron chi connectivity index (χ2n) is 4.37. The normalized spacial score (nSPS) is 19.4. The number of carbonyl (C=O) groups excluding carboxylic acids is 1. The Bertz CT molecular complexity index is 205. The van der Waals surface area contributed by atoms with Crippen molar-refractivity contribution in [3.63, 3.8) is 0 Å². The summed E-state index contributed by atoms with van der Waals surface area (Å²) in [5.41, 5.74) is 0. The average molecular weight is 230 g/mol. The standard InChI is InChI=1S/C11H22N2O3/c1-9(8-14)6-12-7-11(15)13-10-2-4-16-5-3-10/h9-10,12,14H,2-8H2,1H3,(H,13,15). The van der Waals surface area contributed by atoms with Crippen LogP contribution in [0.15, 0.2) is 0 Å². The minimum Gasteiger partial charge on any atom is -0.396 e. The lowest BCUT2D eigenvalue weighted by atomic mass is 10.1. The summed E-state index contributed by atoms with van der Waals surface area (Å²) in [5, 5.41) is 14.8. The van der Waals surface area contributed by atoms with Gasteiger partial charge < -0.3 is 20.5 Å². The Morgan fingerprint density at radius 2 is 2.19 bits per heavy atom. The zero-order valence-corrected chi connectivity index (χ0v) is 9.87. The van der Waals surface area contributed by atoms with Gasteiger partial charge in [0.15, 0.2) is 0 Å². The maximum atomic E-state index is 11.5. The van der Waals surface area contributed by atoms with Crippen molar-refractivity contribution in [1.82, 2.24) is 10.6 Å². The van der Waals surface area contributed by atoms with Gasteiger partial charge in [0, 0.05) is 32.4 Å². The summed E-state index contributed by atoms with van der Waals surface area (Å²) in [4.78, 5) is 11.5. The Kier molecular flexibility index (Phi) is 6.37. The monoisotopic (exact) mass is 230 g/mol. The molecule has 0 radical (unpaired) electrons. The quantitative estimate of drug-likeness (QED) is 0.575. The van der Waals surface area contributed by atoms with E-state index in [4.69, 9.17) is 9.84 Å². The first-order valence-electron chi connectivity index (χ1n) is 5.91. The van der Waals surface area contributed by atoms with Gasteiger partial charge in [0.1, 0.15) is 0 Å². The SMILES string of the molecule is CC(CO)CNCC(=O)NC1CCOCC1. The lowest BCUT2D eigenvalue weighted by Gasteiger charge is -2.23. The molecule has 1 fully saturated rings. The second-order valence-corrected chi connectivity index (χ2v) is 4.37. The molecule has 1 heterocycles. The number of amides is 1. The molecular weight excluding hydrogens is 208 g/mol. The molecule has 0 aromatic carbocycles. The zero-order valence-electron chi connectivity index (χ0n) is 9.87. The first-order valence-corrected chi connectivity index (χ1v) is 5.91. The van der Waals surface area contributed by atoms with Gasteiger partial charge in [-0.05, 0) is 18.8 Å². The van der Waals surface area contributed by atoms with Crippen LogP contribution in [0.25, 0.3) is 0 Å². The maximum absolute atomic E-state index is 11.5. The van der Waals surface area contributed by atoms with Crippen LogP contribution in [0, 0.1) is 5.92 Å². The van der Waals surface area contributed by atoms with Gasteiger partial charge in [-0.2, -0.15) is 0 Å². The van der Waals surface area contributed by atoms with Crippen molar-refractivity contribution in [2.45, 2.75) is 25.8 Å². The highest BCUT2D eigenvalue weighted by Crippen LogP contribution is 2.05. The van der Waals surface area contributed by atoms with Crippen LogP contribution < -0.4 is 10.6 Å². The molecule has 1 atom stereocenters. The average Bonchev–Trinajstić information content (AvgIpc) is 2.30. The third-order valence-electron chi connectivity index (χ3n) is 2.68.